The maximum atomic E-state index is 10.1. The summed E-state index contributed by atoms with van der Waals surface area (Å²) < 4.78 is 27.1. The van der Waals surface area contributed by atoms with Gasteiger partial charge in [0, 0.05) is 0 Å². The Hall–Kier alpha value is -1.99. The van der Waals surface area contributed by atoms with E-state index in [1.54, 1.807) is 0 Å². The van der Waals surface area contributed by atoms with E-state index < -0.39 is 0 Å². The van der Waals surface area contributed by atoms with Crippen LogP contribution in [0.2, 0.25) is 13.4 Å². The molecule has 4 rings (SSSR count). The van der Waals surface area contributed by atoms with Crippen LogP contribution in [-0.2, 0) is 6.61 Å². The van der Waals surface area contributed by atoms with Crippen LogP contribution in [0.25, 0.3) is 0 Å². The molecule has 0 aliphatic heterocycles. The molecule has 270 valence electrons. The number of aliphatic hydroxyl groups is 1. The van der Waals surface area contributed by atoms with Crippen molar-refractivity contribution < 1.29 is 19.3 Å². The quantitative estimate of drug-likeness (QED) is 0.0878. The summed E-state index contributed by atoms with van der Waals surface area (Å²) in [7, 11) is 12.4. The van der Waals surface area contributed by atoms with Crippen molar-refractivity contribution in [2.75, 3.05) is 76.8 Å². The van der Waals surface area contributed by atoms with Gasteiger partial charge < -0.3 is 0 Å². The Morgan fingerprint density at radius 1 is 0.480 bits per heavy atom. The molecule has 0 spiro atoms. The number of anilines is 3. The number of rotatable bonds is 22. The number of hydrogen-bond donors (Lipinski definition) is 1. The summed E-state index contributed by atoms with van der Waals surface area (Å²) in [5.74, 6) is 2.02. The normalized spacial score (nSPS) is 10.9. The van der Waals surface area contributed by atoms with E-state index in [2.05, 4.69) is 130 Å². The topological polar surface area (TPSA) is 57.6 Å². The molecule has 0 bridgehead atoms. The van der Waals surface area contributed by atoms with Crippen LogP contribution in [0.3, 0.4) is 0 Å². The molecular formula is C40H53N3O4Te3. The SMILES string of the molecule is CN(C)c1ccc([Te]CCCOc2cc(CO)cc(OCCC[Te]c3ccc(N(C)C)cc3)c2OCCC[Te]c2ccc(N(C)C)cc2)cc1. The van der Waals surface area contributed by atoms with E-state index in [0.29, 0.717) is 37.1 Å². The Morgan fingerprint density at radius 3 is 1.10 bits per heavy atom. The van der Waals surface area contributed by atoms with Gasteiger partial charge in [-0.3, -0.25) is 0 Å². The van der Waals surface area contributed by atoms with E-state index in [-0.39, 0.29) is 69.4 Å². The average Bonchev–Trinajstić information content (AvgIpc) is 3.12. The Kier molecular flexibility index (Phi) is 18.1. The molecule has 0 amide bonds. The third-order valence-corrected chi connectivity index (χ3v) is 17.2. The first-order chi connectivity index (χ1) is 24.2. The zero-order chi connectivity index (χ0) is 35.7. The van der Waals surface area contributed by atoms with Crippen LogP contribution < -0.4 is 39.7 Å². The standard InChI is InChI=1S/C40H53N3O4Te3/c1-41(2)32-10-16-35(17-11-32)48-25-7-22-45-38-28-31(30-44)29-39(46-23-8-26-49-36-18-12-33(13-19-36)42(3)4)40(38)47-24-9-27-50-37-20-14-34(15-21-37)43(5)6/h10-21,28-29,44H,7-9,22-27,30H2,1-6H3. The molecule has 0 aromatic heterocycles. The second kappa shape index (κ2) is 22.2. The van der Waals surface area contributed by atoms with Gasteiger partial charge in [0.05, 0.1) is 0 Å². The predicted molar refractivity (Wildman–Crippen MR) is 216 cm³/mol. The minimum atomic E-state index is -0.281. The summed E-state index contributed by atoms with van der Waals surface area (Å²) in [5.41, 5.74) is 4.48. The van der Waals surface area contributed by atoms with Crippen LogP contribution in [0.15, 0.2) is 84.9 Å². The third kappa shape index (κ3) is 13.9. The number of hydrogen-bond acceptors (Lipinski definition) is 7. The Balaban J connectivity index is 1.33. The fourth-order valence-corrected chi connectivity index (χ4v) is 12.0. The van der Waals surface area contributed by atoms with Crippen molar-refractivity contribution >= 4 is 90.7 Å². The molecule has 0 radical (unpaired) electrons. The van der Waals surface area contributed by atoms with Gasteiger partial charge in [-0.15, -0.1) is 0 Å². The van der Waals surface area contributed by atoms with E-state index in [1.165, 1.54) is 27.9 Å². The summed E-state index contributed by atoms with van der Waals surface area (Å²) in [5, 5.41) is 10.1. The monoisotopic (exact) mass is 1030 g/mol. The Bertz CT molecular complexity index is 1470. The van der Waals surface area contributed by atoms with E-state index in [1.807, 2.05) is 12.1 Å². The molecule has 10 heteroatoms. The second-order valence-electron chi connectivity index (χ2n) is 12.4. The van der Waals surface area contributed by atoms with Crippen molar-refractivity contribution in [1.82, 2.24) is 0 Å². The zero-order valence-electron chi connectivity index (χ0n) is 30.4. The van der Waals surface area contributed by atoms with E-state index in [9.17, 15) is 5.11 Å². The van der Waals surface area contributed by atoms with Crippen molar-refractivity contribution in [2.45, 2.75) is 39.3 Å². The first-order valence-electron chi connectivity index (χ1n) is 17.1. The van der Waals surface area contributed by atoms with Gasteiger partial charge in [-0.2, -0.15) is 0 Å². The van der Waals surface area contributed by atoms with E-state index >= 15 is 0 Å². The van der Waals surface area contributed by atoms with Crippen molar-refractivity contribution in [1.29, 1.82) is 0 Å². The maximum absolute atomic E-state index is 10.1. The molecule has 0 fully saturated rings. The van der Waals surface area contributed by atoms with Crippen LogP contribution in [-0.4, -0.2) is 130 Å². The molecular weight excluding hydrogens is 969 g/mol. The Labute approximate surface area is 330 Å². The minimum absolute atomic E-state index is 0.0737. The van der Waals surface area contributed by atoms with Crippen LogP contribution in [0.4, 0.5) is 17.1 Å². The molecule has 0 heterocycles. The first-order valence-corrected chi connectivity index (χ1v) is 25.5. The average molecular weight is 1020 g/mol. The molecule has 1 N–H and O–H groups in total. The van der Waals surface area contributed by atoms with Crippen molar-refractivity contribution in [3.05, 3.63) is 90.5 Å². The molecule has 0 unspecified atom stereocenters. The number of benzene rings is 4. The van der Waals surface area contributed by atoms with Crippen LogP contribution in [0, 0.1) is 0 Å². The summed E-state index contributed by atoms with van der Waals surface area (Å²) in [6.45, 7) is 1.75. The molecule has 7 nitrogen and oxygen atoms in total. The molecule has 0 aliphatic carbocycles. The molecule has 0 saturated heterocycles. The number of nitrogens with zero attached hydrogens (tertiary/aromatic N) is 3. The zero-order valence-corrected chi connectivity index (χ0v) is 37.4. The third-order valence-electron chi connectivity index (χ3n) is 7.76. The van der Waals surface area contributed by atoms with Gasteiger partial charge in [-0.25, -0.2) is 0 Å². The first kappa shape index (κ1) is 40.8. The molecule has 4 aromatic carbocycles. The molecule has 0 aliphatic rings. The second-order valence-corrected chi connectivity index (χ2v) is 22.4. The van der Waals surface area contributed by atoms with Gasteiger partial charge in [0.25, 0.3) is 0 Å². The van der Waals surface area contributed by atoms with Gasteiger partial charge in [-0.05, 0) is 0 Å². The number of aliphatic hydroxyl groups excluding tert-OH is 1. The van der Waals surface area contributed by atoms with Crippen LogP contribution in [0.1, 0.15) is 24.8 Å². The predicted octanol–water partition coefficient (Wildman–Crippen LogP) is 5.03. The van der Waals surface area contributed by atoms with Gasteiger partial charge in [0.2, 0.25) is 0 Å². The molecule has 0 atom stereocenters. The number of ether oxygens (including phenoxy) is 3. The summed E-state index contributed by atoms with van der Waals surface area (Å²) in [6, 6.07) is 30.7. The summed E-state index contributed by atoms with van der Waals surface area (Å²) >= 11 is -0.834. The summed E-state index contributed by atoms with van der Waals surface area (Å²) in [6.07, 6.45) is 2.94. The molecule has 0 saturated carbocycles. The van der Waals surface area contributed by atoms with E-state index in [4.69, 9.17) is 14.2 Å². The van der Waals surface area contributed by atoms with Crippen molar-refractivity contribution in [3.63, 3.8) is 0 Å². The fraction of sp³-hybridized carbons (Fsp3) is 0.400. The van der Waals surface area contributed by atoms with Crippen LogP contribution in [0.5, 0.6) is 17.2 Å². The van der Waals surface area contributed by atoms with Gasteiger partial charge in [0.1, 0.15) is 0 Å². The van der Waals surface area contributed by atoms with Crippen molar-refractivity contribution in [2.24, 2.45) is 0 Å². The van der Waals surface area contributed by atoms with E-state index in [0.717, 1.165) is 38.2 Å². The van der Waals surface area contributed by atoms with Gasteiger partial charge in [-0.1, -0.05) is 0 Å². The molecule has 4 aromatic rings. The molecule has 50 heavy (non-hydrogen) atoms. The summed E-state index contributed by atoms with van der Waals surface area (Å²) in [4.78, 5) is 6.40. The van der Waals surface area contributed by atoms with Crippen LogP contribution >= 0.6 is 0 Å². The fourth-order valence-electron chi connectivity index (χ4n) is 4.89. The van der Waals surface area contributed by atoms with Crippen molar-refractivity contribution in [3.8, 4) is 17.2 Å². The van der Waals surface area contributed by atoms with Gasteiger partial charge in [0.15, 0.2) is 0 Å². The van der Waals surface area contributed by atoms with Gasteiger partial charge >= 0.3 is 334 Å². The Morgan fingerprint density at radius 2 is 0.800 bits per heavy atom.